The summed E-state index contributed by atoms with van der Waals surface area (Å²) in [5, 5.41) is 9.57. The quantitative estimate of drug-likeness (QED) is 0.569. The summed E-state index contributed by atoms with van der Waals surface area (Å²) in [5.41, 5.74) is 2.00. The topological polar surface area (TPSA) is 76.0 Å². The van der Waals surface area contributed by atoms with Gasteiger partial charge >= 0.3 is 0 Å². The Bertz CT molecular complexity index is 1150. The van der Waals surface area contributed by atoms with Crippen LogP contribution in [0.25, 0.3) is 11.8 Å². The third kappa shape index (κ3) is 4.97. The van der Waals surface area contributed by atoms with Gasteiger partial charge in [0.25, 0.3) is 0 Å². The number of amides is 2. The molecule has 9 heteroatoms. The van der Waals surface area contributed by atoms with Gasteiger partial charge in [0.15, 0.2) is 11.6 Å². The molecule has 0 fully saturated rings. The highest BCUT2D eigenvalue weighted by molar-refractivity contribution is 6.31. The molecular weight excluding hydrogens is 426 g/mol. The molecule has 0 saturated carbocycles. The van der Waals surface area contributed by atoms with E-state index in [1.807, 2.05) is 30.3 Å². The normalized spacial score (nSPS) is 12.0. The van der Waals surface area contributed by atoms with Crippen molar-refractivity contribution in [2.24, 2.45) is 0 Å². The van der Waals surface area contributed by atoms with Crippen LogP contribution < -0.4 is 10.6 Å². The van der Waals surface area contributed by atoms with Gasteiger partial charge in [-0.3, -0.25) is 9.59 Å². The predicted octanol–water partition coefficient (Wildman–Crippen LogP) is 3.73. The van der Waals surface area contributed by atoms with Gasteiger partial charge in [0.05, 0.1) is 11.4 Å². The molecule has 0 aliphatic heterocycles. The fourth-order valence-corrected chi connectivity index (χ4v) is 3.26. The van der Waals surface area contributed by atoms with Crippen LogP contribution in [0, 0.1) is 18.6 Å². The summed E-state index contributed by atoms with van der Waals surface area (Å²) in [6.07, 6.45) is 2.67. The summed E-state index contributed by atoms with van der Waals surface area (Å²) in [6, 6.07) is 11.0. The van der Waals surface area contributed by atoms with E-state index in [1.165, 1.54) is 25.3 Å². The van der Waals surface area contributed by atoms with Crippen molar-refractivity contribution in [1.29, 1.82) is 0 Å². The molecule has 3 rings (SSSR count). The average molecular weight is 445 g/mol. The molecule has 0 spiro atoms. The van der Waals surface area contributed by atoms with Gasteiger partial charge < -0.3 is 10.6 Å². The third-order valence-electron chi connectivity index (χ3n) is 4.52. The zero-order valence-electron chi connectivity index (χ0n) is 16.7. The lowest BCUT2D eigenvalue weighted by atomic mass is 10.1. The fraction of sp³-hybridized carbons (Fsp3) is 0.136. The number of aromatic nitrogens is 2. The zero-order valence-corrected chi connectivity index (χ0v) is 17.5. The average Bonchev–Trinajstić information content (AvgIpc) is 3.06. The maximum atomic E-state index is 13.6. The summed E-state index contributed by atoms with van der Waals surface area (Å²) < 4.78 is 28.4. The van der Waals surface area contributed by atoms with Crippen LogP contribution in [-0.4, -0.2) is 28.6 Å². The number of rotatable bonds is 6. The molecule has 3 aromatic rings. The lowest BCUT2D eigenvalue weighted by Crippen LogP contribution is -2.38. The standard InChI is InChI=1S/C22H19ClF2N4O2/c1-13-16(21(23)29(28-13)15-6-4-3-5-7-15)9-11-19(30)27-20(22(31)26-2)14-8-10-17(24)18(25)12-14/h3-12,20H,1-2H3,(H,26,31)(H,27,30). The molecule has 0 saturated heterocycles. The molecule has 160 valence electrons. The lowest BCUT2D eigenvalue weighted by molar-refractivity contribution is -0.126. The minimum atomic E-state index is -1.21. The first-order valence-corrected chi connectivity index (χ1v) is 9.65. The molecule has 1 heterocycles. The van der Waals surface area contributed by atoms with Crippen LogP contribution in [0.4, 0.5) is 8.78 Å². The Hall–Kier alpha value is -3.52. The first-order valence-electron chi connectivity index (χ1n) is 9.27. The van der Waals surface area contributed by atoms with E-state index in [4.69, 9.17) is 11.6 Å². The monoisotopic (exact) mass is 444 g/mol. The van der Waals surface area contributed by atoms with E-state index in [9.17, 15) is 18.4 Å². The van der Waals surface area contributed by atoms with Crippen LogP contribution in [0.2, 0.25) is 5.15 Å². The summed E-state index contributed by atoms with van der Waals surface area (Å²) in [5.74, 6) is -3.38. The Balaban J connectivity index is 1.82. The molecule has 1 atom stereocenters. The van der Waals surface area contributed by atoms with Crippen molar-refractivity contribution in [1.82, 2.24) is 20.4 Å². The number of hydrogen-bond donors (Lipinski definition) is 2. The molecule has 0 aliphatic carbocycles. The maximum Gasteiger partial charge on any atom is 0.246 e. The van der Waals surface area contributed by atoms with E-state index in [-0.39, 0.29) is 5.56 Å². The Morgan fingerprint density at radius 1 is 1.13 bits per heavy atom. The molecule has 6 nitrogen and oxygen atoms in total. The van der Waals surface area contributed by atoms with E-state index >= 15 is 0 Å². The minimum absolute atomic E-state index is 0.103. The van der Waals surface area contributed by atoms with Crippen LogP contribution in [0.1, 0.15) is 22.9 Å². The van der Waals surface area contributed by atoms with Crippen molar-refractivity contribution < 1.29 is 18.4 Å². The number of para-hydroxylation sites is 1. The number of benzene rings is 2. The van der Waals surface area contributed by atoms with Crippen LogP contribution >= 0.6 is 11.6 Å². The molecule has 2 amide bonds. The van der Waals surface area contributed by atoms with Gasteiger partial charge in [-0.2, -0.15) is 5.10 Å². The second-order valence-electron chi connectivity index (χ2n) is 6.60. The van der Waals surface area contributed by atoms with E-state index in [2.05, 4.69) is 15.7 Å². The first kappa shape index (κ1) is 22.2. The van der Waals surface area contributed by atoms with Crippen molar-refractivity contribution in [3.63, 3.8) is 0 Å². The molecule has 0 aliphatic rings. The molecule has 0 bridgehead atoms. The Labute approximate surface area is 182 Å². The summed E-state index contributed by atoms with van der Waals surface area (Å²) in [7, 11) is 1.37. The number of carbonyl (C=O) groups excluding carboxylic acids is 2. The summed E-state index contributed by atoms with van der Waals surface area (Å²) in [6.45, 7) is 1.75. The fourth-order valence-electron chi connectivity index (χ4n) is 2.93. The van der Waals surface area contributed by atoms with Crippen molar-refractivity contribution in [3.8, 4) is 5.69 Å². The van der Waals surface area contributed by atoms with Gasteiger partial charge in [0.1, 0.15) is 11.2 Å². The molecule has 31 heavy (non-hydrogen) atoms. The number of nitrogens with zero attached hydrogens (tertiary/aromatic N) is 2. The SMILES string of the molecule is CNC(=O)C(NC(=O)C=Cc1c(C)nn(-c2ccccc2)c1Cl)c1ccc(F)c(F)c1. The maximum absolute atomic E-state index is 13.6. The van der Waals surface area contributed by atoms with E-state index in [0.29, 0.717) is 16.4 Å². The van der Waals surface area contributed by atoms with Gasteiger partial charge in [0.2, 0.25) is 11.8 Å². The van der Waals surface area contributed by atoms with Gasteiger partial charge in [-0.25, -0.2) is 13.5 Å². The van der Waals surface area contributed by atoms with E-state index in [0.717, 1.165) is 17.8 Å². The van der Waals surface area contributed by atoms with Gasteiger partial charge in [0, 0.05) is 18.7 Å². The first-order chi connectivity index (χ1) is 14.8. The molecular formula is C22H19ClF2N4O2. The number of likely N-dealkylation sites (N-methyl/N-ethyl adjacent to an activating group) is 1. The van der Waals surface area contributed by atoms with Crippen molar-refractivity contribution >= 4 is 29.5 Å². The van der Waals surface area contributed by atoms with Crippen molar-refractivity contribution in [2.45, 2.75) is 13.0 Å². The number of hydrogen-bond acceptors (Lipinski definition) is 3. The van der Waals surface area contributed by atoms with Crippen molar-refractivity contribution in [3.05, 3.63) is 88.2 Å². The van der Waals surface area contributed by atoms with Crippen LogP contribution in [0.5, 0.6) is 0 Å². The Morgan fingerprint density at radius 2 is 1.84 bits per heavy atom. The number of nitrogens with one attached hydrogen (secondary N) is 2. The smallest absolute Gasteiger partial charge is 0.246 e. The van der Waals surface area contributed by atoms with E-state index in [1.54, 1.807) is 11.6 Å². The second-order valence-corrected chi connectivity index (χ2v) is 6.96. The minimum Gasteiger partial charge on any atom is -0.357 e. The Morgan fingerprint density at radius 3 is 2.48 bits per heavy atom. The molecule has 1 unspecified atom stereocenters. The highest BCUT2D eigenvalue weighted by Gasteiger charge is 2.22. The zero-order chi connectivity index (χ0) is 22.5. The number of halogens is 3. The number of aryl methyl sites for hydroxylation is 1. The van der Waals surface area contributed by atoms with Crippen LogP contribution in [0.3, 0.4) is 0 Å². The van der Waals surface area contributed by atoms with Gasteiger partial charge in [-0.15, -0.1) is 0 Å². The largest absolute Gasteiger partial charge is 0.357 e. The van der Waals surface area contributed by atoms with Gasteiger partial charge in [-0.05, 0) is 42.8 Å². The third-order valence-corrected chi connectivity index (χ3v) is 4.89. The van der Waals surface area contributed by atoms with Gasteiger partial charge in [-0.1, -0.05) is 35.9 Å². The lowest BCUT2D eigenvalue weighted by Gasteiger charge is -2.17. The summed E-state index contributed by atoms with van der Waals surface area (Å²) >= 11 is 6.43. The number of carbonyl (C=O) groups is 2. The highest BCUT2D eigenvalue weighted by Crippen LogP contribution is 2.24. The van der Waals surface area contributed by atoms with Crippen LogP contribution in [-0.2, 0) is 9.59 Å². The molecule has 0 radical (unpaired) electrons. The second kappa shape index (κ2) is 9.53. The highest BCUT2D eigenvalue weighted by atomic mass is 35.5. The van der Waals surface area contributed by atoms with Crippen LogP contribution in [0.15, 0.2) is 54.6 Å². The molecule has 1 aromatic heterocycles. The van der Waals surface area contributed by atoms with E-state index < -0.39 is 29.5 Å². The predicted molar refractivity (Wildman–Crippen MR) is 114 cm³/mol. The summed E-state index contributed by atoms with van der Waals surface area (Å²) in [4.78, 5) is 24.6. The van der Waals surface area contributed by atoms with Crippen molar-refractivity contribution in [2.75, 3.05) is 7.05 Å². The molecule has 2 N–H and O–H groups in total. The Kier molecular flexibility index (Phi) is 6.81. The molecule has 2 aromatic carbocycles.